The van der Waals surface area contributed by atoms with Crippen LogP contribution in [0.15, 0.2) is 63.7 Å². The van der Waals surface area contributed by atoms with Gasteiger partial charge in [-0.1, -0.05) is 46.3 Å². The molecule has 0 radical (unpaired) electrons. The van der Waals surface area contributed by atoms with Crippen molar-refractivity contribution in [1.29, 1.82) is 0 Å². The molecule has 2 aromatic carbocycles. The Labute approximate surface area is 131 Å². The van der Waals surface area contributed by atoms with Gasteiger partial charge in [0.05, 0.1) is 0 Å². The van der Waals surface area contributed by atoms with E-state index >= 15 is 0 Å². The molecule has 21 heavy (non-hydrogen) atoms. The lowest BCUT2D eigenvalue weighted by molar-refractivity contribution is -0.129. The fraction of sp³-hybridized carbons (Fsp3) is 0.0588. The third-order valence-electron chi connectivity index (χ3n) is 3.17. The Morgan fingerprint density at radius 2 is 1.81 bits per heavy atom. The Balaban J connectivity index is 1.96. The zero-order chi connectivity index (χ0) is 14.8. The Kier molecular flexibility index (Phi) is 3.71. The zero-order valence-corrected chi connectivity index (χ0v) is 12.9. The first kappa shape index (κ1) is 13.8. The average molecular weight is 342 g/mol. The van der Waals surface area contributed by atoms with Crippen molar-refractivity contribution in [3.8, 4) is 0 Å². The maximum atomic E-state index is 11.9. The number of carbonyl (C=O) groups excluding carboxylic acids is 1. The fourth-order valence-electron chi connectivity index (χ4n) is 2.05. The minimum absolute atomic E-state index is 0.315. The Bertz CT molecular complexity index is 761. The van der Waals surface area contributed by atoms with E-state index < -0.39 is 5.97 Å². The van der Waals surface area contributed by atoms with Crippen LogP contribution in [-0.4, -0.2) is 11.9 Å². The number of nitrogens with zero attached hydrogens (tertiary/aromatic N) is 1. The Hall–Kier alpha value is -2.20. The van der Waals surface area contributed by atoms with Gasteiger partial charge in [-0.25, -0.2) is 9.79 Å². The SMILES string of the molecule is Cc1ccccc1C1=NC(=Cc2ccc(Br)cc2)C(=O)O1. The van der Waals surface area contributed by atoms with E-state index in [1.54, 1.807) is 6.08 Å². The molecule has 0 saturated heterocycles. The lowest BCUT2D eigenvalue weighted by atomic mass is 10.1. The summed E-state index contributed by atoms with van der Waals surface area (Å²) in [7, 11) is 0. The Morgan fingerprint density at radius 3 is 2.52 bits per heavy atom. The molecule has 1 heterocycles. The third kappa shape index (κ3) is 2.95. The molecule has 104 valence electrons. The molecule has 0 amide bonds. The fourth-order valence-corrected chi connectivity index (χ4v) is 2.32. The maximum absolute atomic E-state index is 11.9. The summed E-state index contributed by atoms with van der Waals surface area (Å²) in [5, 5.41) is 0. The number of aryl methyl sites for hydroxylation is 1. The molecule has 1 aliphatic heterocycles. The van der Waals surface area contributed by atoms with Crippen LogP contribution in [0.5, 0.6) is 0 Å². The van der Waals surface area contributed by atoms with E-state index in [1.807, 2.05) is 55.5 Å². The van der Waals surface area contributed by atoms with E-state index in [2.05, 4.69) is 20.9 Å². The van der Waals surface area contributed by atoms with Crippen LogP contribution in [0.2, 0.25) is 0 Å². The highest BCUT2D eigenvalue weighted by Crippen LogP contribution is 2.21. The van der Waals surface area contributed by atoms with Crippen molar-refractivity contribution in [1.82, 2.24) is 0 Å². The summed E-state index contributed by atoms with van der Waals surface area (Å²) in [4.78, 5) is 16.2. The number of hydrogen-bond acceptors (Lipinski definition) is 3. The largest absolute Gasteiger partial charge is 0.402 e. The van der Waals surface area contributed by atoms with E-state index in [0.717, 1.165) is 21.2 Å². The summed E-state index contributed by atoms with van der Waals surface area (Å²) in [6.45, 7) is 1.96. The number of halogens is 1. The second-order valence-electron chi connectivity index (χ2n) is 4.70. The molecule has 3 rings (SSSR count). The van der Waals surface area contributed by atoms with Gasteiger partial charge in [-0.3, -0.25) is 0 Å². The van der Waals surface area contributed by atoms with Gasteiger partial charge in [0.15, 0.2) is 5.70 Å². The molecule has 0 bridgehead atoms. The first-order chi connectivity index (χ1) is 10.1. The molecule has 0 fully saturated rings. The lowest BCUT2D eigenvalue weighted by Crippen LogP contribution is -2.06. The number of benzene rings is 2. The highest BCUT2D eigenvalue weighted by Gasteiger charge is 2.24. The minimum Gasteiger partial charge on any atom is -0.402 e. The van der Waals surface area contributed by atoms with Crippen LogP contribution in [-0.2, 0) is 9.53 Å². The summed E-state index contributed by atoms with van der Waals surface area (Å²) < 4.78 is 6.26. The van der Waals surface area contributed by atoms with Gasteiger partial charge >= 0.3 is 5.97 Å². The summed E-state index contributed by atoms with van der Waals surface area (Å²) in [6, 6.07) is 15.3. The number of carbonyl (C=O) groups is 1. The molecule has 4 heteroatoms. The van der Waals surface area contributed by atoms with Gasteiger partial charge < -0.3 is 4.74 Å². The summed E-state index contributed by atoms with van der Waals surface area (Å²) in [6.07, 6.45) is 1.72. The van der Waals surface area contributed by atoms with Crippen molar-refractivity contribution in [3.05, 3.63) is 75.4 Å². The molecule has 0 atom stereocenters. The van der Waals surface area contributed by atoms with E-state index in [9.17, 15) is 4.79 Å². The molecule has 0 spiro atoms. The minimum atomic E-state index is -0.420. The lowest BCUT2D eigenvalue weighted by Gasteiger charge is -2.02. The monoisotopic (exact) mass is 341 g/mol. The second-order valence-corrected chi connectivity index (χ2v) is 5.62. The quantitative estimate of drug-likeness (QED) is 0.609. The van der Waals surface area contributed by atoms with Crippen molar-refractivity contribution in [2.24, 2.45) is 4.99 Å². The van der Waals surface area contributed by atoms with Crippen molar-refractivity contribution < 1.29 is 9.53 Å². The van der Waals surface area contributed by atoms with Crippen molar-refractivity contribution in [2.75, 3.05) is 0 Å². The van der Waals surface area contributed by atoms with Crippen molar-refractivity contribution in [2.45, 2.75) is 6.92 Å². The van der Waals surface area contributed by atoms with Gasteiger partial charge in [0, 0.05) is 10.0 Å². The van der Waals surface area contributed by atoms with Crippen molar-refractivity contribution in [3.63, 3.8) is 0 Å². The summed E-state index contributed by atoms with van der Waals surface area (Å²) in [5.74, 6) is -0.0577. The van der Waals surface area contributed by atoms with E-state index in [4.69, 9.17) is 4.74 Å². The number of cyclic esters (lactones) is 1. The maximum Gasteiger partial charge on any atom is 0.363 e. The standard InChI is InChI=1S/C17H12BrNO2/c1-11-4-2-3-5-14(11)16-19-15(17(20)21-16)10-12-6-8-13(18)9-7-12/h2-10H,1H3. The van der Waals surface area contributed by atoms with Gasteiger partial charge in [0.2, 0.25) is 5.90 Å². The smallest absolute Gasteiger partial charge is 0.363 e. The molecular weight excluding hydrogens is 330 g/mol. The molecule has 0 aliphatic carbocycles. The molecule has 2 aromatic rings. The van der Waals surface area contributed by atoms with E-state index in [1.165, 1.54) is 0 Å². The van der Waals surface area contributed by atoms with Crippen LogP contribution in [0, 0.1) is 6.92 Å². The van der Waals surface area contributed by atoms with Crippen LogP contribution in [0.3, 0.4) is 0 Å². The average Bonchev–Trinajstić information content (AvgIpc) is 2.83. The third-order valence-corrected chi connectivity index (χ3v) is 3.70. The molecular formula is C17H12BrNO2. The van der Waals surface area contributed by atoms with Crippen LogP contribution in [0.1, 0.15) is 16.7 Å². The number of rotatable bonds is 2. The van der Waals surface area contributed by atoms with E-state index in [-0.39, 0.29) is 0 Å². The highest BCUT2D eigenvalue weighted by atomic mass is 79.9. The van der Waals surface area contributed by atoms with Crippen LogP contribution < -0.4 is 0 Å². The van der Waals surface area contributed by atoms with Gasteiger partial charge in [-0.15, -0.1) is 0 Å². The Morgan fingerprint density at radius 1 is 1.10 bits per heavy atom. The van der Waals surface area contributed by atoms with Crippen LogP contribution in [0.25, 0.3) is 6.08 Å². The first-order valence-electron chi connectivity index (χ1n) is 6.47. The first-order valence-corrected chi connectivity index (χ1v) is 7.27. The number of esters is 1. The number of aliphatic imine (C=N–C) groups is 1. The molecule has 0 unspecified atom stereocenters. The summed E-state index contributed by atoms with van der Waals surface area (Å²) >= 11 is 3.38. The molecule has 3 nitrogen and oxygen atoms in total. The zero-order valence-electron chi connectivity index (χ0n) is 11.3. The summed E-state index contributed by atoms with van der Waals surface area (Å²) in [5.41, 5.74) is 3.08. The van der Waals surface area contributed by atoms with Gasteiger partial charge in [-0.05, 0) is 42.3 Å². The predicted octanol–water partition coefficient (Wildman–Crippen LogP) is 4.10. The molecule has 0 saturated carbocycles. The normalized spacial score (nSPS) is 16.0. The molecule has 0 aromatic heterocycles. The number of ether oxygens (including phenoxy) is 1. The van der Waals surface area contributed by atoms with Gasteiger partial charge in [-0.2, -0.15) is 0 Å². The van der Waals surface area contributed by atoms with Gasteiger partial charge in [0.25, 0.3) is 0 Å². The molecule has 0 N–H and O–H groups in total. The van der Waals surface area contributed by atoms with E-state index in [0.29, 0.717) is 11.6 Å². The van der Waals surface area contributed by atoms with Crippen LogP contribution >= 0.6 is 15.9 Å². The highest BCUT2D eigenvalue weighted by molar-refractivity contribution is 9.10. The topological polar surface area (TPSA) is 38.7 Å². The van der Waals surface area contributed by atoms with Crippen LogP contribution in [0.4, 0.5) is 0 Å². The van der Waals surface area contributed by atoms with Crippen molar-refractivity contribution >= 4 is 33.9 Å². The second kappa shape index (κ2) is 5.66. The van der Waals surface area contributed by atoms with Gasteiger partial charge in [0.1, 0.15) is 0 Å². The predicted molar refractivity (Wildman–Crippen MR) is 85.9 cm³/mol. The molecule has 1 aliphatic rings. The number of hydrogen-bond donors (Lipinski definition) is 0.